The van der Waals surface area contributed by atoms with Gasteiger partial charge in [-0.25, -0.2) is 9.37 Å². The molecule has 1 aromatic carbocycles. The highest BCUT2D eigenvalue weighted by Gasteiger charge is 2.11. The molecule has 3 aromatic rings. The quantitative estimate of drug-likeness (QED) is 0.651. The van der Waals surface area contributed by atoms with Gasteiger partial charge in [-0.1, -0.05) is 24.2 Å². The zero-order valence-corrected chi connectivity index (χ0v) is 13.9. The minimum absolute atomic E-state index is 0.0505. The number of rotatable bonds is 7. The van der Waals surface area contributed by atoms with E-state index in [-0.39, 0.29) is 18.3 Å². The number of ether oxygens (including phenoxy) is 2. The summed E-state index contributed by atoms with van der Waals surface area (Å²) in [5, 5.41) is 3.84. The molecule has 0 spiro atoms. The van der Waals surface area contributed by atoms with E-state index < -0.39 is 0 Å². The van der Waals surface area contributed by atoms with E-state index in [9.17, 15) is 4.39 Å². The topological polar surface area (TPSA) is 83.2 Å². The maximum Gasteiger partial charge on any atom is 0.264 e. The molecule has 0 atom stereocenters. The standard InChI is InChI=1S/C17H17FN4O3/c1-3-14-19-13(9-23-2)8-15(20-14)24-10-16-21-17(22-25-16)11-5-4-6-12(18)7-11/h4-8H,3,9-10H2,1-2H3. The van der Waals surface area contributed by atoms with Crippen LogP contribution < -0.4 is 4.74 Å². The first-order valence-corrected chi connectivity index (χ1v) is 7.75. The SMILES string of the molecule is CCc1nc(COC)cc(OCc2nc(-c3cccc(F)c3)no2)n1. The van der Waals surface area contributed by atoms with Gasteiger partial charge in [0.2, 0.25) is 11.7 Å². The lowest BCUT2D eigenvalue weighted by Gasteiger charge is -2.07. The lowest BCUT2D eigenvalue weighted by Crippen LogP contribution is -2.04. The van der Waals surface area contributed by atoms with Crippen LogP contribution in [-0.2, 0) is 24.4 Å². The summed E-state index contributed by atoms with van der Waals surface area (Å²) >= 11 is 0. The van der Waals surface area contributed by atoms with Crippen molar-refractivity contribution in [1.82, 2.24) is 20.1 Å². The Morgan fingerprint density at radius 1 is 1.12 bits per heavy atom. The Kier molecular flexibility index (Phi) is 5.30. The molecule has 0 fully saturated rings. The summed E-state index contributed by atoms with van der Waals surface area (Å²) in [5.41, 5.74) is 1.27. The number of methoxy groups -OCH3 is 1. The van der Waals surface area contributed by atoms with Crippen LogP contribution >= 0.6 is 0 Å². The Morgan fingerprint density at radius 3 is 2.76 bits per heavy atom. The lowest BCUT2D eigenvalue weighted by atomic mass is 10.2. The molecule has 0 unspecified atom stereocenters. The van der Waals surface area contributed by atoms with Gasteiger partial charge in [0.05, 0.1) is 12.3 Å². The molecule has 2 heterocycles. The third-order valence-electron chi connectivity index (χ3n) is 3.30. The first kappa shape index (κ1) is 17.0. The summed E-state index contributed by atoms with van der Waals surface area (Å²) in [6.07, 6.45) is 0.679. The van der Waals surface area contributed by atoms with Crippen LogP contribution in [0, 0.1) is 5.82 Å². The van der Waals surface area contributed by atoms with E-state index in [0.717, 1.165) is 5.69 Å². The first-order valence-electron chi connectivity index (χ1n) is 7.75. The molecule has 0 radical (unpaired) electrons. The highest BCUT2D eigenvalue weighted by Crippen LogP contribution is 2.18. The van der Waals surface area contributed by atoms with Gasteiger partial charge in [-0.15, -0.1) is 0 Å². The fraction of sp³-hybridized carbons (Fsp3) is 0.294. The van der Waals surface area contributed by atoms with Crippen molar-refractivity contribution in [3.8, 4) is 17.3 Å². The van der Waals surface area contributed by atoms with Crippen LogP contribution in [0.2, 0.25) is 0 Å². The molecule has 7 nitrogen and oxygen atoms in total. The Bertz CT molecular complexity index is 853. The molecule has 0 saturated heterocycles. The summed E-state index contributed by atoms with van der Waals surface area (Å²) in [4.78, 5) is 12.8. The lowest BCUT2D eigenvalue weighted by molar-refractivity contribution is 0.179. The maximum atomic E-state index is 13.3. The van der Waals surface area contributed by atoms with E-state index in [1.54, 1.807) is 25.3 Å². The van der Waals surface area contributed by atoms with Crippen LogP contribution in [0.4, 0.5) is 4.39 Å². The van der Waals surface area contributed by atoms with E-state index >= 15 is 0 Å². The monoisotopic (exact) mass is 344 g/mol. The van der Waals surface area contributed by atoms with Crippen molar-refractivity contribution in [2.75, 3.05) is 7.11 Å². The van der Waals surface area contributed by atoms with Crippen LogP contribution in [0.1, 0.15) is 24.3 Å². The van der Waals surface area contributed by atoms with Crippen LogP contribution in [0.25, 0.3) is 11.4 Å². The molecule has 2 aromatic heterocycles. The van der Waals surface area contributed by atoms with Gasteiger partial charge >= 0.3 is 0 Å². The summed E-state index contributed by atoms with van der Waals surface area (Å²) in [6.45, 7) is 2.38. The molecule has 8 heteroatoms. The second-order valence-corrected chi connectivity index (χ2v) is 5.21. The summed E-state index contributed by atoms with van der Waals surface area (Å²) in [5.74, 6) is 1.28. The highest BCUT2D eigenvalue weighted by atomic mass is 19.1. The Morgan fingerprint density at radius 2 is 2.00 bits per heavy atom. The number of nitrogens with zero attached hydrogens (tertiary/aromatic N) is 4. The summed E-state index contributed by atoms with van der Waals surface area (Å²) in [6, 6.07) is 7.68. The summed E-state index contributed by atoms with van der Waals surface area (Å²) < 4.78 is 29.1. The molecule has 0 aliphatic rings. The zero-order valence-electron chi connectivity index (χ0n) is 13.9. The Labute approximate surface area is 143 Å². The van der Waals surface area contributed by atoms with E-state index in [0.29, 0.717) is 36.1 Å². The molecular formula is C17H17FN4O3. The van der Waals surface area contributed by atoms with Crippen molar-refractivity contribution in [2.45, 2.75) is 26.6 Å². The van der Waals surface area contributed by atoms with Crippen molar-refractivity contribution in [2.24, 2.45) is 0 Å². The number of hydrogen-bond acceptors (Lipinski definition) is 7. The van der Waals surface area contributed by atoms with E-state index in [1.807, 2.05) is 6.92 Å². The molecule has 0 aliphatic carbocycles. The van der Waals surface area contributed by atoms with Crippen molar-refractivity contribution in [1.29, 1.82) is 0 Å². The van der Waals surface area contributed by atoms with Crippen molar-refractivity contribution >= 4 is 0 Å². The van der Waals surface area contributed by atoms with Gasteiger partial charge in [0.25, 0.3) is 5.89 Å². The minimum atomic E-state index is -0.362. The van der Waals surface area contributed by atoms with Crippen molar-refractivity contribution in [3.63, 3.8) is 0 Å². The van der Waals surface area contributed by atoms with Gasteiger partial charge in [0.1, 0.15) is 11.6 Å². The molecule has 130 valence electrons. The summed E-state index contributed by atoms with van der Waals surface area (Å²) in [7, 11) is 1.60. The van der Waals surface area contributed by atoms with Crippen LogP contribution in [0.15, 0.2) is 34.9 Å². The smallest absolute Gasteiger partial charge is 0.264 e. The molecule has 25 heavy (non-hydrogen) atoms. The molecule has 0 N–H and O–H groups in total. The van der Waals surface area contributed by atoms with Crippen LogP contribution in [0.3, 0.4) is 0 Å². The maximum absolute atomic E-state index is 13.3. The second kappa shape index (κ2) is 7.80. The Hall–Kier alpha value is -2.87. The van der Waals surface area contributed by atoms with E-state index in [2.05, 4.69) is 20.1 Å². The average molecular weight is 344 g/mol. The number of halogens is 1. The number of benzene rings is 1. The predicted octanol–water partition coefficient (Wildman–Crippen LogP) is 2.95. The Balaban J connectivity index is 1.71. The first-order chi connectivity index (χ1) is 12.2. The number of aryl methyl sites for hydroxylation is 1. The van der Waals surface area contributed by atoms with Crippen LogP contribution in [0.5, 0.6) is 5.88 Å². The van der Waals surface area contributed by atoms with Gasteiger partial charge in [-0.05, 0) is 12.1 Å². The van der Waals surface area contributed by atoms with Gasteiger partial charge in [0, 0.05) is 25.2 Å². The van der Waals surface area contributed by atoms with Crippen molar-refractivity contribution in [3.05, 3.63) is 53.6 Å². The van der Waals surface area contributed by atoms with Gasteiger partial charge in [-0.2, -0.15) is 9.97 Å². The van der Waals surface area contributed by atoms with E-state index in [1.165, 1.54) is 12.1 Å². The molecule has 0 amide bonds. The molecular weight excluding hydrogens is 327 g/mol. The predicted molar refractivity (Wildman–Crippen MR) is 86.1 cm³/mol. The van der Waals surface area contributed by atoms with Crippen molar-refractivity contribution < 1.29 is 18.4 Å². The van der Waals surface area contributed by atoms with E-state index in [4.69, 9.17) is 14.0 Å². The molecule has 0 saturated carbocycles. The molecule has 3 rings (SSSR count). The van der Waals surface area contributed by atoms with Crippen LogP contribution in [-0.4, -0.2) is 27.2 Å². The zero-order chi connectivity index (χ0) is 17.6. The number of hydrogen-bond donors (Lipinski definition) is 0. The third-order valence-corrected chi connectivity index (χ3v) is 3.30. The number of aromatic nitrogens is 4. The fourth-order valence-corrected chi connectivity index (χ4v) is 2.17. The fourth-order valence-electron chi connectivity index (χ4n) is 2.17. The van der Waals surface area contributed by atoms with Gasteiger partial charge in [-0.3, -0.25) is 0 Å². The normalized spacial score (nSPS) is 10.8. The average Bonchev–Trinajstić information content (AvgIpc) is 3.09. The highest BCUT2D eigenvalue weighted by molar-refractivity contribution is 5.53. The second-order valence-electron chi connectivity index (χ2n) is 5.21. The van der Waals surface area contributed by atoms with Gasteiger partial charge in [0.15, 0.2) is 6.61 Å². The largest absolute Gasteiger partial charge is 0.467 e. The molecule has 0 bridgehead atoms. The molecule has 0 aliphatic heterocycles. The third kappa shape index (κ3) is 4.36. The minimum Gasteiger partial charge on any atom is -0.467 e. The van der Waals surface area contributed by atoms with Gasteiger partial charge < -0.3 is 14.0 Å².